The number of piperidine rings is 1. The van der Waals surface area contributed by atoms with E-state index in [0.29, 0.717) is 24.6 Å². The molecule has 1 aliphatic heterocycles. The molecule has 2 heterocycles. The van der Waals surface area contributed by atoms with Crippen LogP contribution in [0.15, 0.2) is 30.3 Å². The number of alkyl halides is 3. The fourth-order valence-electron chi connectivity index (χ4n) is 3.59. The van der Waals surface area contributed by atoms with Gasteiger partial charge in [0.25, 0.3) is 0 Å². The third kappa shape index (κ3) is 7.77. The van der Waals surface area contributed by atoms with Crippen LogP contribution in [0.2, 0.25) is 0 Å². The fraction of sp³-hybridized carbons (Fsp3) is 0.429. The Labute approximate surface area is 201 Å². The monoisotopic (exact) mass is 518 g/mol. The second-order valence-electron chi connectivity index (χ2n) is 8.18. The molecule has 0 atom stereocenters. The number of carbonyl (C=O) groups excluding carboxylic acids is 1. The molecule has 4 N–H and O–H groups in total. The van der Waals surface area contributed by atoms with Crippen LogP contribution in [0.5, 0.6) is 0 Å². The largest absolute Gasteiger partial charge is 0.433 e. The maximum atomic E-state index is 14.2. The summed E-state index contributed by atoms with van der Waals surface area (Å²) in [5.74, 6) is -0.0190. The number of pyridine rings is 1. The molecule has 1 aromatic heterocycles. The van der Waals surface area contributed by atoms with E-state index < -0.39 is 34.6 Å². The average Bonchev–Trinajstić information content (AvgIpc) is 2.79. The molecular weight excluding hydrogens is 492 g/mol. The Hall–Kier alpha value is -2.97. The quantitative estimate of drug-likeness (QED) is 0.209. The number of aromatic nitrogens is 1. The van der Waals surface area contributed by atoms with Crippen LogP contribution < -0.4 is 25.8 Å². The minimum Gasteiger partial charge on any atom is -0.356 e. The van der Waals surface area contributed by atoms with Crippen molar-refractivity contribution in [2.45, 2.75) is 39.0 Å². The second-order valence-corrected chi connectivity index (χ2v) is 8.92. The molecule has 0 radical (unpaired) electrons. The van der Waals surface area contributed by atoms with E-state index in [1.807, 2.05) is 4.83 Å². The lowest BCUT2D eigenvalue weighted by Gasteiger charge is -2.33. The van der Waals surface area contributed by atoms with Crippen molar-refractivity contribution in [2.75, 3.05) is 23.3 Å². The van der Waals surface area contributed by atoms with Gasteiger partial charge in [0, 0.05) is 43.0 Å². The van der Waals surface area contributed by atoms with Crippen LogP contribution in [0.1, 0.15) is 36.6 Å². The standard InChI is InChI=1S/C21H26F4N6O3S/c1-13-6-8-31(9-7-13)19-15(3-5-18(29-19)21(23,24)25)11-26-20(32)28-16-4-2-14(17(22)10-16)12-27-30-35(33)34/h2-5,10,13,27,35H,6-9,11-12H2,1H3,(H2,26,28,32)(H,30,33,34). The van der Waals surface area contributed by atoms with Gasteiger partial charge in [0.15, 0.2) is 0 Å². The molecule has 35 heavy (non-hydrogen) atoms. The van der Waals surface area contributed by atoms with Crippen LogP contribution >= 0.6 is 0 Å². The van der Waals surface area contributed by atoms with Crippen molar-refractivity contribution in [1.29, 1.82) is 0 Å². The summed E-state index contributed by atoms with van der Waals surface area (Å²) < 4.78 is 74.8. The number of hydrazine groups is 1. The molecule has 1 saturated heterocycles. The van der Waals surface area contributed by atoms with Gasteiger partial charge in [-0.25, -0.2) is 28.0 Å². The Morgan fingerprint density at radius 1 is 1.11 bits per heavy atom. The van der Waals surface area contributed by atoms with E-state index in [1.54, 1.807) is 4.90 Å². The van der Waals surface area contributed by atoms with E-state index in [1.165, 1.54) is 18.2 Å². The van der Waals surface area contributed by atoms with Crippen LogP contribution in [0.25, 0.3) is 0 Å². The third-order valence-corrected chi connectivity index (χ3v) is 5.87. The number of nitrogens with zero attached hydrogens (tertiary/aromatic N) is 2. The van der Waals surface area contributed by atoms with E-state index in [2.05, 4.69) is 28.0 Å². The molecule has 0 aliphatic carbocycles. The van der Waals surface area contributed by atoms with Crippen molar-refractivity contribution < 1.29 is 30.8 Å². The zero-order valence-electron chi connectivity index (χ0n) is 18.8. The molecule has 1 aliphatic rings. The first kappa shape index (κ1) is 26.6. The Balaban J connectivity index is 1.65. The number of hydrogen-bond acceptors (Lipinski definition) is 6. The van der Waals surface area contributed by atoms with Crippen molar-refractivity contribution in [3.8, 4) is 0 Å². The minimum absolute atomic E-state index is 0.0815. The molecule has 0 saturated carbocycles. The lowest BCUT2D eigenvalue weighted by atomic mass is 9.99. The first-order chi connectivity index (χ1) is 16.5. The Morgan fingerprint density at radius 2 is 1.80 bits per heavy atom. The number of carbonyl (C=O) groups is 1. The number of thiol groups is 1. The lowest BCUT2D eigenvalue weighted by molar-refractivity contribution is -0.141. The van der Waals surface area contributed by atoms with Gasteiger partial charge in [0.05, 0.1) is 0 Å². The van der Waals surface area contributed by atoms with E-state index in [-0.39, 0.29) is 30.2 Å². The summed E-state index contributed by atoms with van der Waals surface area (Å²) in [6, 6.07) is 5.36. The van der Waals surface area contributed by atoms with E-state index >= 15 is 0 Å². The molecule has 0 spiro atoms. The van der Waals surface area contributed by atoms with Crippen LogP contribution in [0.4, 0.5) is 33.9 Å². The predicted molar refractivity (Wildman–Crippen MR) is 122 cm³/mol. The minimum atomic E-state index is -4.59. The molecule has 0 bridgehead atoms. The summed E-state index contributed by atoms with van der Waals surface area (Å²) in [7, 11) is -2.88. The smallest absolute Gasteiger partial charge is 0.356 e. The van der Waals surface area contributed by atoms with Crippen molar-refractivity contribution in [3.63, 3.8) is 0 Å². The SMILES string of the molecule is CC1CCN(c2nc(C(F)(F)F)ccc2CNC(=O)Nc2ccc(CNN[SH](=O)=O)c(F)c2)CC1. The van der Waals surface area contributed by atoms with Gasteiger partial charge in [-0.2, -0.15) is 18.0 Å². The maximum Gasteiger partial charge on any atom is 0.433 e. The molecule has 192 valence electrons. The molecule has 9 nitrogen and oxygen atoms in total. The fourth-order valence-corrected chi connectivity index (χ4v) is 3.79. The van der Waals surface area contributed by atoms with Crippen molar-refractivity contribution in [3.05, 3.63) is 53.0 Å². The number of anilines is 2. The molecular formula is C21H26F4N6O3S. The highest BCUT2D eigenvalue weighted by atomic mass is 32.2. The first-order valence-electron chi connectivity index (χ1n) is 10.8. The van der Waals surface area contributed by atoms with Crippen LogP contribution in [0, 0.1) is 11.7 Å². The van der Waals surface area contributed by atoms with Gasteiger partial charge >= 0.3 is 12.2 Å². The maximum absolute atomic E-state index is 14.2. The van der Waals surface area contributed by atoms with E-state index in [4.69, 9.17) is 0 Å². The average molecular weight is 519 g/mol. The van der Waals surface area contributed by atoms with Gasteiger partial charge in [-0.3, -0.25) is 0 Å². The summed E-state index contributed by atoms with van der Waals surface area (Å²) in [6.45, 7) is 3.02. The van der Waals surface area contributed by atoms with Gasteiger partial charge in [0.2, 0.25) is 10.9 Å². The van der Waals surface area contributed by atoms with Crippen molar-refractivity contribution in [1.82, 2.24) is 20.6 Å². The highest BCUT2D eigenvalue weighted by Gasteiger charge is 2.34. The molecule has 0 unspecified atom stereocenters. The van der Waals surface area contributed by atoms with E-state index in [9.17, 15) is 30.8 Å². The first-order valence-corrected chi connectivity index (χ1v) is 12.0. The summed E-state index contributed by atoms with van der Waals surface area (Å²) >= 11 is 0. The van der Waals surface area contributed by atoms with Gasteiger partial charge in [-0.1, -0.05) is 19.1 Å². The van der Waals surface area contributed by atoms with Crippen LogP contribution in [-0.4, -0.2) is 32.5 Å². The summed E-state index contributed by atoms with van der Waals surface area (Å²) in [5, 5.41) is 5.02. The highest BCUT2D eigenvalue weighted by molar-refractivity contribution is 7.70. The summed E-state index contributed by atoms with van der Waals surface area (Å²) in [4.78, 5) is 19.9. The Morgan fingerprint density at radius 3 is 2.43 bits per heavy atom. The van der Waals surface area contributed by atoms with Gasteiger partial charge in [-0.05, 0) is 37.0 Å². The molecule has 14 heteroatoms. The molecule has 1 fully saturated rings. The van der Waals surface area contributed by atoms with Crippen molar-refractivity contribution >= 4 is 28.4 Å². The van der Waals surface area contributed by atoms with Crippen molar-refractivity contribution in [2.24, 2.45) is 5.92 Å². The number of urea groups is 1. The van der Waals surface area contributed by atoms with Crippen LogP contribution in [0.3, 0.4) is 0 Å². The summed E-state index contributed by atoms with van der Waals surface area (Å²) in [6.07, 6.45) is -2.93. The van der Waals surface area contributed by atoms with Gasteiger partial charge in [-0.15, -0.1) is 0 Å². The zero-order chi connectivity index (χ0) is 25.6. The Bertz CT molecular complexity index is 1110. The van der Waals surface area contributed by atoms with E-state index in [0.717, 1.165) is 25.0 Å². The number of amides is 2. The second kappa shape index (κ2) is 11.6. The number of halogens is 4. The lowest BCUT2D eigenvalue weighted by Crippen LogP contribution is -2.35. The normalized spacial score (nSPS) is 14.9. The van der Waals surface area contributed by atoms with Gasteiger partial charge < -0.3 is 15.5 Å². The highest BCUT2D eigenvalue weighted by Crippen LogP contribution is 2.32. The van der Waals surface area contributed by atoms with Gasteiger partial charge in [0.1, 0.15) is 17.3 Å². The molecule has 1 aromatic carbocycles. The number of hydrogen-bond donors (Lipinski definition) is 5. The van der Waals surface area contributed by atoms with Crippen LogP contribution in [-0.2, 0) is 30.2 Å². The topological polar surface area (TPSA) is 115 Å². The number of nitrogens with one attached hydrogen (secondary N) is 4. The molecule has 2 aromatic rings. The molecule has 3 rings (SSSR count). The Kier molecular flexibility index (Phi) is 8.86. The molecule has 2 amide bonds. The number of rotatable bonds is 8. The predicted octanol–water partition coefficient (Wildman–Crippen LogP) is 2.92. The zero-order valence-corrected chi connectivity index (χ0v) is 19.7. The third-order valence-electron chi connectivity index (χ3n) is 5.53. The number of benzene rings is 1. The summed E-state index contributed by atoms with van der Waals surface area (Å²) in [5.41, 5.74) is 2.06.